The fraction of sp³-hybridized carbons (Fsp3) is 0.278. The van der Waals surface area contributed by atoms with Gasteiger partial charge in [0.2, 0.25) is 5.91 Å². The molecule has 1 amide bonds. The molecular formula is C18H20N2O3. The molecule has 0 aliphatic carbocycles. The third kappa shape index (κ3) is 3.74. The summed E-state index contributed by atoms with van der Waals surface area (Å²) in [5, 5.41) is 3.25. The Hall–Kier alpha value is -2.69. The SMILES string of the molecule is CN(C(=O)CCNc1ccc2c(c1)OCCO2)c1ccccc1. The van der Waals surface area contributed by atoms with Crippen LogP contribution in [0.15, 0.2) is 48.5 Å². The third-order valence-corrected chi connectivity index (χ3v) is 3.73. The first kappa shape index (κ1) is 15.2. The van der Waals surface area contributed by atoms with Crippen molar-refractivity contribution >= 4 is 17.3 Å². The topological polar surface area (TPSA) is 50.8 Å². The van der Waals surface area contributed by atoms with Crippen molar-refractivity contribution in [2.75, 3.05) is 37.0 Å². The van der Waals surface area contributed by atoms with Crippen LogP contribution in [0, 0.1) is 0 Å². The van der Waals surface area contributed by atoms with Crippen LogP contribution in [0.3, 0.4) is 0 Å². The summed E-state index contributed by atoms with van der Waals surface area (Å²) in [5.74, 6) is 1.58. The van der Waals surface area contributed by atoms with Gasteiger partial charge in [-0.2, -0.15) is 0 Å². The van der Waals surface area contributed by atoms with Crippen LogP contribution < -0.4 is 19.7 Å². The molecule has 1 heterocycles. The number of fused-ring (bicyclic) bond motifs is 1. The van der Waals surface area contributed by atoms with Gasteiger partial charge in [0, 0.05) is 37.5 Å². The minimum atomic E-state index is 0.0706. The number of rotatable bonds is 5. The van der Waals surface area contributed by atoms with Gasteiger partial charge in [-0.05, 0) is 24.3 Å². The maximum atomic E-state index is 12.2. The van der Waals surface area contributed by atoms with E-state index in [1.807, 2.05) is 48.5 Å². The van der Waals surface area contributed by atoms with Gasteiger partial charge in [0.1, 0.15) is 13.2 Å². The number of ether oxygens (including phenoxy) is 2. The smallest absolute Gasteiger partial charge is 0.228 e. The first-order chi connectivity index (χ1) is 11.2. The lowest BCUT2D eigenvalue weighted by atomic mass is 10.2. The Bertz CT molecular complexity index is 673. The Morgan fingerprint density at radius 2 is 1.83 bits per heavy atom. The number of hydrogen-bond acceptors (Lipinski definition) is 4. The monoisotopic (exact) mass is 312 g/mol. The zero-order chi connectivity index (χ0) is 16.1. The molecule has 3 rings (SSSR count). The van der Waals surface area contributed by atoms with Crippen LogP contribution in [0.1, 0.15) is 6.42 Å². The fourth-order valence-electron chi connectivity index (χ4n) is 2.43. The number of carbonyl (C=O) groups is 1. The van der Waals surface area contributed by atoms with Crippen molar-refractivity contribution in [3.63, 3.8) is 0 Å². The highest BCUT2D eigenvalue weighted by Crippen LogP contribution is 2.32. The summed E-state index contributed by atoms with van der Waals surface area (Å²) < 4.78 is 11.0. The normalized spacial score (nSPS) is 12.6. The molecule has 0 radical (unpaired) electrons. The number of para-hydroxylation sites is 1. The van der Waals surface area contributed by atoms with Gasteiger partial charge in [-0.15, -0.1) is 0 Å². The van der Waals surface area contributed by atoms with Crippen LogP contribution in [0.2, 0.25) is 0 Å². The first-order valence-electron chi connectivity index (χ1n) is 7.69. The lowest BCUT2D eigenvalue weighted by Gasteiger charge is -2.20. The van der Waals surface area contributed by atoms with Crippen molar-refractivity contribution in [2.45, 2.75) is 6.42 Å². The van der Waals surface area contributed by atoms with Crippen LogP contribution >= 0.6 is 0 Å². The van der Waals surface area contributed by atoms with E-state index in [9.17, 15) is 4.79 Å². The van der Waals surface area contributed by atoms with E-state index in [1.54, 1.807) is 11.9 Å². The van der Waals surface area contributed by atoms with Gasteiger partial charge in [0.15, 0.2) is 11.5 Å². The summed E-state index contributed by atoms with van der Waals surface area (Å²) in [6.07, 6.45) is 0.417. The molecule has 0 fully saturated rings. The van der Waals surface area contributed by atoms with E-state index in [0.29, 0.717) is 26.2 Å². The maximum Gasteiger partial charge on any atom is 0.228 e. The van der Waals surface area contributed by atoms with Gasteiger partial charge in [-0.25, -0.2) is 0 Å². The van der Waals surface area contributed by atoms with Gasteiger partial charge < -0.3 is 19.7 Å². The molecule has 1 aliphatic heterocycles. The average molecular weight is 312 g/mol. The molecule has 0 unspecified atom stereocenters. The quantitative estimate of drug-likeness (QED) is 0.922. The standard InChI is InChI=1S/C18H20N2O3/c1-20(15-5-3-2-4-6-15)18(21)9-10-19-14-7-8-16-17(13-14)23-12-11-22-16/h2-8,13,19H,9-12H2,1H3. The number of nitrogens with one attached hydrogen (secondary N) is 1. The van der Waals surface area contributed by atoms with E-state index >= 15 is 0 Å². The summed E-state index contributed by atoms with van der Waals surface area (Å²) in [6.45, 7) is 1.71. The molecule has 2 aromatic carbocycles. The van der Waals surface area contributed by atoms with Gasteiger partial charge >= 0.3 is 0 Å². The lowest BCUT2D eigenvalue weighted by Crippen LogP contribution is -2.27. The van der Waals surface area contributed by atoms with E-state index in [4.69, 9.17) is 9.47 Å². The Morgan fingerprint density at radius 1 is 1.09 bits per heavy atom. The molecular weight excluding hydrogens is 292 g/mol. The van der Waals surface area contributed by atoms with Crippen molar-refractivity contribution < 1.29 is 14.3 Å². The summed E-state index contributed by atoms with van der Waals surface area (Å²) in [4.78, 5) is 13.9. The molecule has 5 nitrogen and oxygen atoms in total. The second-order valence-corrected chi connectivity index (χ2v) is 5.32. The Morgan fingerprint density at radius 3 is 2.61 bits per heavy atom. The predicted octanol–water partition coefficient (Wildman–Crippen LogP) is 2.92. The number of carbonyl (C=O) groups excluding carboxylic acids is 1. The molecule has 0 bridgehead atoms. The molecule has 1 N–H and O–H groups in total. The van der Waals surface area contributed by atoms with Crippen molar-refractivity contribution in [1.82, 2.24) is 0 Å². The van der Waals surface area contributed by atoms with E-state index in [2.05, 4.69) is 5.32 Å². The summed E-state index contributed by atoms with van der Waals surface area (Å²) in [7, 11) is 1.79. The predicted molar refractivity (Wildman–Crippen MR) is 90.4 cm³/mol. The Labute approximate surface area is 135 Å². The summed E-state index contributed by atoms with van der Waals surface area (Å²) in [5.41, 5.74) is 1.82. The molecule has 0 aromatic heterocycles. The molecule has 0 atom stereocenters. The lowest BCUT2D eigenvalue weighted by molar-refractivity contribution is -0.118. The number of amides is 1. The van der Waals surface area contributed by atoms with E-state index in [0.717, 1.165) is 22.9 Å². The van der Waals surface area contributed by atoms with Gasteiger partial charge in [0.25, 0.3) is 0 Å². The minimum Gasteiger partial charge on any atom is -0.486 e. The van der Waals surface area contributed by atoms with Gasteiger partial charge in [0.05, 0.1) is 0 Å². The number of benzene rings is 2. The second kappa shape index (κ2) is 7.05. The number of anilines is 2. The molecule has 120 valence electrons. The van der Waals surface area contributed by atoms with Crippen LogP contribution in [0.5, 0.6) is 11.5 Å². The van der Waals surface area contributed by atoms with Crippen molar-refractivity contribution in [3.8, 4) is 11.5 Å². The largest absolute Gasteiger partial charge is 0.486 e. The molecule has 23 heavy (non-hydrogen) atoms. The van der Waals surface area contributed by atoms with Crippen LogP contribution in [-0.4, -0.2) is 32.7 Å². The van der Waals surface area contributed by atoms with Crippen molar-refractivity contribution in [2.24, 2.45) is 0 Å². The summed E-state index contributed by atoms with van der Waals surface area (Å²) >= 11 is 0. The van der Waals surface area contributed by atoms with Gasteiger partial charge in [-0.1, -0.05) is 18.2 Å². The van der Waals surface area contributed by atoms with Gasteiger partial charge in [-0.3, -0.25) is 4.79 Å². The number of hydrogen-bond donors (Lipinski definition) is 1. The second-order valence-electron chi connectivity index (χ2n) is 5.32. The zero-order valence-electron chi connectivity index (χ0n) is 13.1. The molecule has 2 aromatic rings. The van der Waals surface area contributed by atoms with Crippen molar-refractivity contribution in [1.29, 1.82) is 0 Å². The fourth-order valence-corrected chi connectivity index (χ4v) is 2.43. The third-order valence-electron chi connectivity index (χ3n) is 3.73. The van der Waals surface area contributed by atoms with E-state index in [1.165, 1.54) is 0 Å². The van der Waals surface area contributed by atoms with Crippen LogP contribution in [0.25, 0.3) is 0 Å². The highest BCUT2D eigenvalue weighted by Gasteiger charge is 2.13. The summed E-state index contributed by atoms with van der Waals surface area (Å²) in [6, 6.07) is 15.3. The highest BCUT2D eigenvalue weighted by atomic mass is 16.6. The zero-order valence-corrected chi connectivity index (χ0v) is 13.1. The minimum absolute atomic E-state index is 0.0706. The molecule has 0 saturated heterocycles. The average Bonchev–Trinajstić information content (AvgIpc) is 2.61. The number of nitrogens with zero attached hydrogens (tertiary/aromatic N) is 1. The molecule has 5 heteroatoms. The highest BCUT2D eigenvalue weighted by molar-refractivity contribution is 5.93. The molecule has 1 aliphatic rings. The van der Waals surface area contributed by atoms with E-state index in [-0.39, 0.29) is 5.91 Å². The molecule has 0 spiro atoms. The first-order valence-corrected chi connectivity index (χ1v) is 7.69. The van der Waals surface area contributed by atoms with Crippen molar-refractivity contribution in [3.05, 3.63) is 48.5 Å². The Balaban J connectivity index is 1.52. The van der Waals surface area contributed by atoms with Crippen LogP contribution in [0.4, 0.5) is 11.4 Å². The van der Waals surface area contributed by atoms with Crippen LogP contribution in [-0.2, 0) is 4.79 Å². The maximum absolute atomic E-state index is 12.2. The van der Waals surface area contributed by atoms with E-state index < -0.39 is 0 Å². The molecule has 0 saturated carbocycles. The Kier molecular flexibility index (Phi) is 4.66.